The van der Waals surface area contributed by atoms with Crippen molar-refractivity contribution in [2.24, 2.45) is 0 Å². The molecule has 1 N–H and O–H groups in total. The number of aryl methyl sites for hydroxylation is 2. The van der Waals surface area contributed by atoms with Gasteiger partial charge in [0, 0.05) is 38.8 Å². The lowest BCUT2D eigenvalue weighted by Gasteiger charge is -2.35. The number of esters is 1. The van der Waals surface area contributed by atoms with Crippen molar-refractivity contribution in [3.63, 3.8) is 0 Å². The topological polar surface area (TPSA) is 123 Å². The third kappa shape index (κ3) is 12.8. The zero-order valence-corrected chi connectivity index (χ0v) is 27.9. The van der Waals surface area contributed by atoms with Crippen molar-refractivity contribution >= 4 is 18.0 Å². The summed E-state index contributed by atoms with van der Waals surface area (Å²) in [6.45, 7) is 15.4. The molecule has 4 rings (SSSR count). The van der Waals surface area contributed by atoms with E-state index in [-0.39, 0.29) is 29.9 Å². The molecule has 1 aromatic heterocycles. The van der Waals surface area contributed by atoms with Gasteiger partial charge in [0.1, 0.15) is 5.60 Å². The number of nitrogens with zero attached hydrogens (tertiary/aromatic N) is 4. The molecule has 11 heteroatoms. The van der Waals surface area contributed by atoms with Gasteiger partial charge in [0.2, 0.25) is 5.91 Å². The van der Waals surface area contributed by atoms with Crippen LogP contribution in [0, 0.1) is 13.8 Å². The Bertz CT molecular complexity index is 1500. The number of hydrogen-bond donors (Lipinski definition) is 1. The number of nitrogens with one attached hydrogen (secondary N) is 1. The predicted octanol–water partition coefficient (Wildman–Crippen LogP) is 3.87. The first-order chi connectivity index (χ1) is 21.8. The minimum Gasteiger partial charge on any atom is -0.466 e. The van der Waals surface area contributed by atoms with E-state index in [4.69, 9.17) is 9.47 Å². The van der Waals surface area contributed by atoms with E-state index in [2.05, 4.69) is 15.3 Å². The van der Waals surface area contributed by atoms with Gasteiger partial charge in [-0.3, -0.25) is 19.3 Å². The number of carbonyl (C=O) groups is 3. The smallest absolute Gasteiger partial charge is 0.410 e. The lowest BCUT2D eigenvalue weighted by Crippen LogP contribution is -2.52. The van der Waals surface area contributed by atoms with Crippen LogP contribution in [0.2, 0.25) is 0 Å². The van der Waals surface area contributed by atoms with Crippen LogP contribution in [0.3, 0.4) is 0 Å². The second-order valence-electron chi connectivity index (χ2n) is 12.3. The monoisotopic (exact) mass is 633 g/mol. The number of hydrogen-bond acceptors (Lipinski definition) is 8. The summed E-state index contributed by atoms with van der Waals surface area (Å²) in [5.41, 5.74) is 4.26. The van der Waals surface area contributed by atoms with Crippen LogP contribution >= 0.6 is 0 Å². The molecule has 1 saturated heterocycles. The molecule has 0 atom stereocenters. The lowest BCUT2D eigenvalue weighted by atomic mass is 10.1. The van der Waals surface area contributed by atoms with Crippen LogP contribution in [0.4, 0.5) is 4.79 Å². The van der Waals surface area contributed by atoms with E-state index in [1.165, 1.54) is 16.3 Å². The number of amides is 2. The molecule has 0 radical (unpaired) electrons. The number of carbonyl (C=O) groups excluding carboxylic acids is 3. The van der Waals surface area contributed by atoms with Crippen LogP contribution in [-0.2, 0) is 38.6 Å². The van der Waals surface area contributed by atoms with Crippen molar-refractivity contribution in [3.05, 3.63) is 99.0 Å². The van der Waals surface area contributed by atoms with Gasteiger partial charge in [0.15, 0.2) is 0 Å². The fourth-order valence-electron chi connectivity index (χ4n) is 4.63. The predicted molar refractivity (Wildman–Crippen MR) is 176 cm³/mol. The molecule has 1 aliphatic heterocycles. The standard InChI is InChI=1S/C19H29N3O3.C16H18N2O3/c1-15-5-7-16(8-6-15)13-20-17(23)14-21-9-11-22(12-10-21)18(24)25-19(2,3)4;1-3-21-16(20)10-13-5-4-6-14(9-13)11-18-15(19)8-7-12(2)17-18/h5-8H,9-14H2,1-4H3,(H,20,23);4-9H,3,10-11H2,1-2H3. The second-order valence-corrected chi connectivity index (χ2v) is 12.3. The van der Waals surface area contributed by atoms with E-state index in [1.54, 1.807) is 17.9 Å². The van der Waals surface area contributed by atoms with Gasteiger partial charge in [-0.1, -0.05) is 54.1 Å². The summed E-state index contributed by atoms with van der Waals surface area (Å²) in [5.74, 6) is -0.244. The Kier molecular flexibility index (Phi) is 13.5. The molecule has 46 heavy (non-hydrogen) atoms. The first-order valence-electron chi connectivity index (χ1n) is 15.6. The highest BCUT2D eigenvalue weighted by molar-refractivity contribution is 5.78. The highest BCUT2D eigenvalue weighted by atomic mass is 16.6. The summed E-state index contributed by atoms with van der Waals surface area (Å²) >= 11 is 0. The highest BCUT2D eigenvalue weighted by Gasteiger charge is 2.26. The van der Waals surface area contributed by atoms with Crippen molar-refractivity contribution in [2.45, 2.75) is 66.7 Å². The summed E-state index contributed by atoms with van der Waals surface area (Å²) in [6.07, 6.45) is -0.0476. The third-order valence-corrected chi connectivity index (χ3v) is 6.98. The van der Waals surface area contributed by atoms with E-state index in [9.17, 15) is 19.2 Å². The third-order valence-electron chi connectivity index (χ3n) is 6.98. The summed E-state index contributed by atoms with van der Waals surface area (Å²) in [6, 6.07) is 18.9. The molecule has 3 aromatic rings. The van der Waals surface area contributed by atoms with E-state index in [0.717, 1.165) is 22.4 Å². The van der Waals surface area contributed by atoms with E-state index < -0.39 is 5.60 Å². The Labute approximate surface area is 271 Å². The number of ether oxygens (including phenoxy) is 2. The van der Waals surface area contributed by atoms with Crippen molar-refractivity contribution in [1.29, 1.82) is 0 Å². The Morgan fingerprint density at radius 2 is 1.57 bits per heavy atom. The van der Waals surface area contributed by atoms with Crippen molar-refractivity contribution in [1.82, 2.24) is 24.9 Å². The number of benzene rings is 2. The molecule has 2 aromatic carbocycles. The maximum Gasteiger partial charge on any atom is 0.410 e. The van der Waals surface area contributed by atoms with Crippen LogP contribution in [0.1, 0.15) is 55.6 Å². The molecule has 1 aliphatic rings. The summed E-state index contributed by atoms with van der Waals surface area (Å²) in [4.78, 5) is 51.1. The van der Waals surface area contributed by atoms with Crippen molar-refractivity contribution in [2.75, 3.05) is 39.3 Å². The fraction of sp³-hybridized carbons (Fsp3) is 0.457. The molecular formula is C35H47N5O6. The average Bonchev–Trinajstić information content (AvgIpc) is 2.99. The molecule has 0 unspecified atom stereocenters. The largest absolute Gasteiger partial charge is 0.466 e. The van der Waals surface area contributed by atoms with Gasteiger partial charge in [-0.15, -0.1) is 0 Å². The van der Waals surface area contributed by atoms with Gasteiger partial charge < -0.3 is 19.7 Å². The quantitative estimate of drug-likeness (QED) is 0.353. The molecule has 0 spiro atoms. The number of rotatable bonds is 9. The highest BCUT2D eigenvalue weighted by Crippen LogP contribution is 2.12. The first kappa shape index (κ1) is 36.0. The molecule has 0 bridgehead atoms. The number of piperazine rings is 1. The maximum absolute atomic E-state index is 12.1. The van der Waals surface area contributed by atoms with E-state index in [1.807, 2.05) is 83.1 Å². The van der Waals surface area contributed by atoms with Gasteiger partial charge >= 0.3 is 12.1 Å². The van der Waals surface area contributed by atoms with Crippen LogP contribution in [0.5, 0.6) is 0 Å². The molecule has 1 fully saturated rings. The Balaban J connectivity index is 0.000000254. The Morgan fingerprint density at radius 3 is 2.22 bits per heavy atom. The fourth-order valence-corrected chi connectivity index (χ4v) is 4.63. The minimum absolute atomic E-state index is 0.00583. The SMILES string of the molecule is CCOC(=O)Cc1cccc(Cn2nc(C)ccc2=O)c1.Cc1ccc(CNC(=O)CN2CCN(C(=O)OC(C)(C)C)CC2)cc1. The molecule has 2 amide bonds. The Hall–Kier alpha value is -4.51. The van der Waals surface area contributed by atoms with Crippen LogP contribution in [0.15, 0.2) is 65.5 Å². The zero-order chi connectivity index (χ0) is 33.7. The molecule has 248 valence electrons. The van der Waals surface area contributed by atoms with Crippen LogP contribution in [-0.4, -0.2) is 82.5 Å². The van der Waals surface area contributed by atoms with E-state index in [0.29, 0.717) is 52.4 Å². The van der Waals surface area contributed by atoms with E-state index >= 15 is 0 Å². The van der Waals surface area contributed by atoms with Gasteiger partial charge in [-0.05, 0) is 64.3 Å². The number of aromatic nitrogens is 2. The van der Waals surface area contributed by atoms with Crippen molar-refractivity contribution in [3.8, 4) is 0 Å². The van der Waals surface area contributed by atoms with Gasteiger partial charge in [0.25, 0.3) is 5.56 Å². The maximum atomic E-state index is 12.1. The zero-order valence-electron chi connectivity index (χ0n) is 27.9. The minimum atomic E-state index is -0.482. The normalized spacial score (nSPS) is 13.3. The molecule has 2 heterocycles. The molecule has 0 aliphatic carbocycles. The van der Waals surface area contributed by atoms with Gasteiger partial charge in [-0.2, -0.15) is 5.10 Å². The van der Waals surface area contributed by atoms with Crippen molar-refractivity contribution < 1.29 is 23.9 Å². The molecule has 0 saturated carbocycles. The summed E-state index contributed by atoms with van der Waals surface area (Å²) in [7, 11) is 0. The Morgan fingerprint density at radius 1 is 0.891 bits per heavy atom. The summed E-state index contributed by atoms with van der Waals surface area (Å²) < 4.78 is 11.7. The molecular weight excluding hydrogens is 586 g/mol. The second kappa shape index (κ2) is 17.3. The van der Waals surface area contributed by atoms with Crippen LogP contribution < -0.4 is 10.9 Å². The average molecular weight is 634 g/mol. The van der Waals surface area contributed by atoms with Crippen LogP contribution in [0.25, 0.3) is 0 Å². The van der Waals surface area contributed by atoms with Gasteiger partial charge in [-0.25, -0.2) is 9.48 Å². The summed E-state index contributed by atoms with van der Waals surface area (Å²) in [5, 5.41) is 7.15. The lowest BCUT2D eigenvalue weighted by molar-refractivity contribution is -0.142. The van der Waals surface area contributed by atoms with Gasteiger partial charge in [0.05, 0.1) is 31.8 Å². The first-order valence-corrected chi connectivity index (χ1v) is 15.6. The molecule has 11 nitrogen and oxygen atoms in total.